The molecule has 0 aliphatic carbocycles. The molecular formula is C26H29FN4O4. The number of carbonyl (C=O) groups is 1. The number of hydrogen-bond donors (Lipinski definition) is 1. The van der Waals surface area contributed by atoms with Crippen LogP contribution in [-0.2, 0) is 4.74 Å². The summed E-state index contributed by atoms with van der Waals surface area (Å²) >= 11 is 0. The van der Waals surface area contributed by atoms with E-state index in [1.54, 1.807) is 24.1 Å². The molecule has 2 amide bonds. The van der Waals surface area contributed by atoms with Gasteiger partial charge in [0.15, 0.2) is 0 Å². The van der Waals surface area contributed by atoms with E-state index in [1.807, 2.05) is 45.0 Å². The molecule has 1 unspecified atom stereocenters. The molecular weight excluding hydrogens is 451 g/mol. The maximum atomic E-state index is 13.8. The molecule has 1 aliphatic heterocycles. The van der Waals surface area contributed by atoms with E-state index < -0.39 is 11.9 Å². The van der Waals surface area contributed by atoms with Gasteiger partial charge in [0, 0.05) is 24.4 Å². The first-order chi connectivity index (χ1) is 16.9. The quantitative estimate of drug-likeness (QED) is 0.424. The SMILES string of the molecule is COc1cccc(C2NC(=O)N(CCCOC(C)C)C(C)=C2c2nc(-c3cccc(F)c3)no2)c1. The standard InChI is InChI=1S/C26H29FN4O4/c1-16(2)34-13-7-12-31-17(3)22(23(28-26(31)32)18-8-6-11-21(15-18)33-4)25-29-24(30-35-25)19-9-5-10-20(27)14-19/h5-6,8-11,14-16,23H,7,12-13H2,1-4H3,(H,28,32). The molecule has 1 N–H and O–H groups in total. The van der Waals surface area contributed by atoms with E-state index in [0.29, 0.717) is 42.2 Å². The van der Waals surface area contributed by atoms with Gasteiger partial charge in [-0.25, -0.2) is 9.18 Å². The second-order valence-electron chi connectivity index (χ2n) is 8.52. The van der Waals surface area contributed by atoms with Crippen molar-refractivity contribution in [1.82, 2.24) is 20.4 Å². The van der Waals surface area contributed by atoms with Crippen LogP contribution < -0.4 is 10.1 Å². The highest BCUT2D eigenvalue weighted by Crippen LogP contribution is 2.38. The van der Waals surface area contributed by atoms with Crippen molar-refractivity contribution in [1.29, 1.82) is 0 Å². The zero-order chi connectivity index (χ0) is 24.9. The number of carbonyl (C=O) groups excluding carboxylic acids is 1. The van der Waals surface area contributed by atoms with Crippen molar-refractivity contribution in [3.8, 4) is 17.1 Å². The summed E-state index contributed by atoms with van der Waals surface area (Å²) in [6.45, 7) is 6.80. The number of ether oxygens (including phenoxy) is 2. The minimum atomic E-state index is -0.540. The van der Waals surface area contributed by atoms with Gasteiger partial charge < -0.3 is 19.3 Å². The topological polar surface area (TPSA) is 89.7 Å². The van der Waals surface area contributed by atoms with Crippen LogP contribution in [0, 0.1) is 5.82 Å². The van der Waals surface area contributed by atoms with E-state index in [-0.39, 0.29) is 23.9 Å². The average molecular weight is 481 g/mol. The molecule has 1 atom stereocenters. The number of rotatable bonds is 9. The number of hydrogen-bond acceptors (Lipinski definition) is 6. The van der Waals surface area contributed by atoms with Gasteiger partial charge >= 0.3 is 6.03 Å². The molecule has 0 radical (unpaired) electrons. The first-order valence-electron chi connectivity index (χ1n) is 11.5. The van der Waals surface area contributed by atoms with E-state index >= 15 is 0 Å². The number of urea groups is 1. The van der Waals surface area contributed by atoms with E-state index in [1.165, 1.54) is 12.1 Å². The Bertz CT molecular complexity index is 1220. The average Bonchev–Trinajstić information content (AvgIpc) is 3.33. The minimum absolute atomic E-state index is 0.120. The maximum absolute atomic E-state index is 13.8. The molecule has 2 aromatic carbocycles. The largest absolute Gasteiger partial charge is 0.497 e. The third kappa shape index (κ3) is 5.51. The summed E-state index contributed by atoms with van der Waals surface area (Å²) in [4.78, 5) is 19.3. The summed E-state index contributed by atoms with van der Waals surface area (Å²) in [5, 5.41) is 7.14. The number of methoxy groups -OCH3 is 1. The highest BCUT2D eigenvalue weighted by molar-refractivity contribution is 5.87. The number of aromatic nitrogens is 2. The van der Waals surface area contributed by atoms with Crippen molar-refractivity contribution in [3.05, 3.63) is 71.5 Å². The van der Waals surface area contributed by atoms with Crippen molar-refractivity contribution >= 4 is 11.6 Å². The number of nitrogens with one attached hydrogen (secondary N) is 1. The molecule has 35 heavy (non-hydrogen) atoms. The number of allylic oxidation sites excluding steroid dienone is 1. The van der Waals surface area contributed by atoms with Crippen LogP contribution in [0.15, 0.2) is 58.8 Å². The molecule has 1 aliphatic rings. The Labute approximate surface area is 203 Å². The third-order valence-corrected chi connectivity index (χ3v) is 5.74. The van der Waals surface area contributed by atoms with E-state index in [0.717, 1.165) is 5.56 Å². The number of nitrogens with zero attached hydrogens (tertiary/aromatic N) is 3. The van der Waals surface area contributed by atoms with Gasteiger partial charge in [-0.05, 0) is 57.0 Å². The van der Waals surface area contributed by atoms with Gasteiger partial charge in [-0.15, -0.1) is 0 Å². The molecule has 3 aromatic rings. The molecule has 0 saturated carbocycles. The van der Waals surface area contributed by atoms with Gasteiger partial charge in [-0.1, -0.05) is 29.4 Å². The molecule has 0 saturated heterocycles. The summed E-state index contributed by atoms with van der Waals surface area (Å²) in [6, 6.07) is 12.7. The Morgan fingerprint density at radius 1 is 1.20 bits per heavy atom. The van der Waals surface area contributed by atoms with Crippen LogP contribution in [0.25, 0.3) is 17.0 Å². The summed E-state index contributed by atoms with van der Waals surface area (Å²) in [7, 11) is 1.59. The van der Waals surface area contributed by atoms with Gasteiger partial charge in [0.2, 0.25) is 5.82 Å². The second kappa shape index (κ2) is 10.7. The fourth-order valence-electron chi connectivity index (χ4n) is 4.02. The van der Waals surface area contributed by atoms with E-state index in [4.69, 9.17) is 14.0 Å². The molecule has 0 spiro atoms. The van der Waals surface area contributed by atoms with Crippen molar-refractivity contribution in [2.24, 2.45) is 0 Å². The molecule has 0 fully saturated rings. The van der Waals surface area contributed by atoms with Crippen LogP contribution >= 0.6 is 0 Å². The summed E-state index contributed by atoms with van der Waals surface area (Å²) in [6.07, 6.45) is 0.785. The summed E-state index contributed by atoms with van der Waals surface area (Å²) < 4.78 is 30.4. The molecule has 4 rings (SSSR count). The van der Waals surface area contributed by atoms with Crippen LogP contribution in [0.5, 0.6) is 5.75 Å². The molecule has 8 nitrogen and oxygen atoms in total. The summed E-state index contributed by atoms with van der Waals surface area (Å²) in [5.41, 5.74) is 2.66. The number of benzene rings is 2. The zero-order valence-corrected chi connectivity index (χ0v) is 20.2. The molecule has 184 valence electrons. The van der Waals surface area contributed by atoms with E-state index in [9.17, 15) is 9.18 Å². The normalized spacial score (nSPS) is 16.1. The van der Waals surface area contributed by atoms with Crippen LogP contribution in [0.2, 0.25) is 0 Å². The van der Waals surface area contributed by atoms with Gasteiger partial charge in [-0.2, -0.15) is 4.98 Å². The number of amides is 2. The lowest BCUT2D eigenvalue weighted by Crippen LogP contribution is -2.46. The zero-order valence-electron chi connectivity index (χ0n) is 20.2. The highest BCUT2D eigenvalue weighted by atomic mass is 19.1. The maximum Gasteiger partial charge on any atom is 0.322 e. The third-order valence-electron chi connectivity index (χ3n) is 5.74. The van der Waals surface area contributed by atoms with Crippen LogP contribution in [0.4, 0.5) is 9.18 Å². The fraction of sp³-hybridized carbons (Fsp3) is 0.346. The first-order valence-corrected chi connectivity index (χ1v) is 11.5. The van der Waals surface area contributed by atoms with Crippen molar-refractivity contribution in [3.63, 3.8) is 0 Å². The molecule has 1 aromatic heterocycles. The summed E-state index contributed by atoms with van der Waals surface area (Å²) in [5.74, 6) is 0.780. The van der Waals surface area contributed by atoms with Crippen molar-refractivity contribution < 1.29 is 23.2 Å². The Kier molecular flexibility index (Phi) is 7.45. The predicted molar refractivity (Wildman–Crippen MR) is 129 cm³/mol. The van der Waals surface area contributed by atoms with Crippen LogP contribution in [0.1, 0.15) is 44.7 Å². The van der Waals surface area contributed by atoms with Gasteiger partial charge in [0.25, 0.3) is 5.89 Å². The minimum Gasteiger partial charge on any atom is -0.497 e. The van der Waals surface area contributed by atoms with Gasteiger partial charge in [0.1, 0.15) is 11.6 Å². The fourth-order valence-corrected chi connectivity index (χ4v) is 4.02. The van der Waals surface area contributed by atoms with E-state index in [2.05, 4.69) is 15.5 Å². The second-order valence-corrected chi connectivity index (χ2v) is 8.52. The lowest BCUT2D eigenvalue weighted by Gasteiger charge is -2.35. The Morgan fingerprint density at radius 3 is 2.74 bits per heavy atom. The molecule has 2 heterocycles. The Morgan fingerprint density at radius 2 is 2.00 bits per heavy atom. The lowest BCUT2D eigenvalue weighted by atomic mass is 9.94. The van der Waals surface area contributed by atoms with Gasteiger partial charge in [-0.3, -0.25) is 4.90 Å². The van der Waals surface area contributed by atoms with Crippen LogP contribution in [-0.4, -0.2) is 47.4 Å². The van der Waals surface area contributed by atoms with Crippen LogP contribution in [0.3, 0.4) is 0 Å². The van der Waals surface area contributed by atoms with Gasteiger partial charge in [0.05, 0.1) is 24.8 Å². The Balaban J connectivity index is 1.73. The number of halogens is 1. The first kappa shape index (κ1) is 24.4. The predicted octanol–water partition coefficient (Wildman–Crippen LogP) is 5.20. The Hall–Kier alpha value is -3.72. The highest BCUT2D eigenvalue weighted by Gasteiger charge is 2.35. The van der Waals surface area contributed by atoms with Crippen molar-refractivity contribution in [2.45, 2.75) is 39.3 Å². The monoisotopic (exact) mass is 480 g/mol. The van der Waals surface area contributed by atoms with Crippen molar-refractivity contribution in [2.75, 3.05) is 20.3 Å². The molecule has 9 heteroatoms. The molecule has 0 bridgehead atoms. The lowest BCUT2D eigenvalue weighted by molar-refractivity contribution is 0.0736. The smallest absolute Gasteiger partial charge is 0.322 e.